The number of carbonyl (C=O) groups excluding carboxylic acids is 1. The third-order valence-electron chi connectivity index (χ3n) is 4.35. The van der Waals surface area contributed by atoms with E-state index in [4.69, 9.17) is 4.98 Å². The van der Waals surface area contributed by atoms with Crippen molar-refractivity contribution in [2.45, 2.75) is 6.54 Å². The van der Waals surface area contributed by atoms with E-state index < -0.39 is 0 Å². The minimum absolute atomic E-state index is 0.133. The molecular formula is C19H19N3OS2. The van der Waals surface area contributed by atoms with E-state index >= 15 is 0 Å². The fourth-order valence-electron chi connectivity index (χ4n) is 2.99. The van der Waals surface area contributed by atoms with Crippen LogP contribution in [0.1, 0.15) is 16.1 Å². The lowest BCUT2D eigenvalue weighted by Crippen LogP contribution is -2.48. The molecule has 0 unspecified atom stereocenters. The molecule has 128 valence electrons. The Kier molecular flexibility index (Phi) is 4.92. The van der Waals surface area contributed by atoms with Crippen molar-refractivity contribution in [3.05, 3.63) is 64.5 Å². The lowest BCUT2D eigenvalue weighted by Gasteiger charge is -2.34. The molecule has 0 N–H and O–H groups in total. The molecule has 25 heavy (non-hydrogen) atoms. The molecule has 3 heterocycles. The van der Waals surface area contributed by atoms with E-state index in [2.05, 4.69) is 27.8 Å². The van der Waals surface area contributed by atoms with E-state index in [0.717, 1.165) is 49.0 Å². The van der Waals surface area contributed by atoms with E-state index in [0.29, 0.717) is 0 Å². The summed E-state index contributed by atoms with van der Waals surface area (Å²) in [6, 6.07) is 13.7. The third-order valence-corrected chi connectivity index (χ3v) is 6.28. The average molecular weight is 370 g/mol. The van der Waals surface area contributed by atoms with Gasteiger partial charge < -0.3 is 4.90 Å². The Labute approximate surface area is 155 Å². The lowest BCUT2D eigenvalue weighted by molar-refractivity contribution is 0.0627. The van der Waals surface area contributed by atoms with Crippen molar-refractivity contribution >= 4 is 28.6 Å². The Morgan fingerprint density at radius 3 is 2.52 bits per heavy atom. The lowest BCUT2D eigenvalue weighted by atomic mass is 10.2. The zero-order valence-electron chi connectivity index (χ0n) is 13.8. The van der Waals surface area contributed by atoms with Gasteiger partial charge in [-0.1, -0.05) is 24.3 Å². The first-order valence-corrected chi connectivity index (χ1v) is 10.1. The maximum atomic E-state index is 12.5. The first-order valence-electron chi connectivity index (χ1n) is 8.34. The molecule has 0 spiro atoms. The van der Waals surface area contributed by atoms with Crippen LogP contribution in [0.25, 0.3) is 9.88 Å². The second-order valence-corrected chi connectivity index (χ2v) is 7.86. The van der Waals surface area contributed by atoms with Crippen molar-refractivity contribution in [1.29, 1.82) is 0 Å². The first-order chi connectivity index (χ1) is 12.3. The molecule has 1 aliphatic rings. The van der Waals surface area contributed by atoms with Crippen LogP contribution in [0.4, 0.5) is 0 Å². The average Bonchev–Trinajstić information content (AvgIpc) is 3.34. The summed E-state index contributed by atoms with van der Waals surface area (Å²) in [5.41, 5.74) is 1.90. The molecule has 1 saturated heterocycles. The van der Waals surface area contributed by atoms with Gasteiger partial charge in [-0.3, -0.25) is 9.69 Å². The zero-order chi connectivity index (χ0) is 17.1. The van der Waals surface area contributed by atoms with Crippen LogP contribution in [0.3, 0.4) is 0 Å². The summed E-state index contributed by atoms with van der Waals surface area (Å²) < 4.78 is 0. The van der Waals surface area contributed by atoms with Gasteiger partial charge in [-0.15, -0.1) is 22.7 Å². The Morgan fingerprint density at radius 2 is 1.80 bits per heavy atom. The summed E-state index contributed by atoms with van der Waals surface area (Å²) in [6.07, 6.45) is 0. The van der Waals surface area contributed by atoms with Crippen molar-refractivity contribution in [1.82, 2.24) is 14.8 Å². The molecule has 1 aromatic carbocycles. The number of rotatable bonds is 4. The summed E-state index contributed by atoms with van der Waals surface area (Å²) in [7, 11) is 0. The number of benzene rings is 1. The van der Waals surface area contributed by atoms with Crippen molar-refractivity contribution in [3.63, 3.8) is 0 Å². The number of thiazole rings is 1. The number of piperazine rings is 1. The summed E-state index contributed by atoms with van der Waals surface area (Å²) in [5.74, 6) is 0.133. The van der Waals surface area contributed by atoms with Crippen LogP contribution >= 0.6 is 22.7 Å². The van der Waals surface area contributed by atoms with Crippen LogP contribution < -0.4 is 0 Å². The van der Waals surface area contributed by atoms with Gasteiger partial charge in [0.1, 0.15) is 5.01 Å². The van der Waals surface area contributed by atoms with E-state index in [1.54, 1.807) is 22.7 Å². The summed E-state index contributed by atoms with van der Waals surface area (Å²) >= 11 is 3.43. The van der Waals surface area contributed by atoms with Gasteiger partial charge in [-0.25, -0.2) is 4.98 Å². The van der Waals surface area contributed by atoms with Gasteiger partial charge in [0.15, 0.2) is 0 Å². The zero-order valence-corrected chi connectivity index (χ0v) is 15.4. The van der Waals surface area contributed by atoms with Crippen molar-refractivity contribution < 1.29 is 4.79 Å². The standard InChI is InChI=1S/C19H19N3OS2/c23-19(15-5-2-1-3-6-15)22-10-8-21(9-11-22)13-16-14-25-18(20-16)17-7-4-12-24-17/h1-7,12,14H,8-11,13H2. The maximum absolute atomic E-state index is 12.5. The van der Waals surface area contributed by atoms with Crippen molar-refractivity contribution in [2.24, 2.45) is 0 Å². The fraction of sp³-hybridized carbons (Fsp3) is 0.263. The highest BCUT2D eigenvalue weighted by Crippen LogP contribution is 2.28. The second kappa shape index (κ2) is 7.47. The molecule has 1 aliphatic heterocycles. The highest BCUT2D eigenvalue weighted by Gasteiger charge is 2.22. The van der Waals surface area contributed by atoms with Crippen LogP contribution in [-0.4, -0.2) is 46.9 Å². The maximum Gasteiger partial charge on any atom is 0.253 e. The van der Waals surface area contributed by atoms with Crippen LogP contribution in [-0.2, 0) is 6.54 Å². The van der Waals surface area contributed by atoms with Crippen LogP contribution in [0.2, 0.25) is 0 Å². The Hall–Kier alpha value is -2.02. The predicted molar refractivity (Wildman–Crippen MR) is 103 cm³/mol. The van der Waals surface area contributed by atoms with Gasteiger partial charge in [0, 0.05) is 43.7 Å². The minimum Gasteiger partial charge on any atom is -0.336 e. The fourth-order valence-corrected chi connectivity index (χ4v) is 4.62. The number of amides is 1. The number of hydrogen-bond acceptors (Lipinski definition) is 5. The topological polar surface area (TPSA) is 36.4 Å². The summed E-state index contributed by atoms with van der Waals surface area (Å²) in [5, 5.41) is 5.33. The molecule has 4 rings (SSSR count). The Morgan fingerprint density at radius 1 is 1.00 bits per heavy atom. The third kappa shape index (κ3) is 3.81. The van der Waals surface area contributed by atoms with Crippen molar-refractivity contribution in [2.75, 3.05) is 26.2 Å². The molecule has 2 aromatic heterocycles. The molecule has 1 fully saturated rings. The normalized spacial score (nSPS) is 15.4. The predicted octanol–water partition coefficient (Wildman–Crippen LogP) is 3.83. The largest absolute Gasteiger partial charge is 0.336 e. The molecule has 3 aromatic rings. The summed E-state index contributed by atoms with van der Waals surface area (Å²) in [4.78, 5) is 22.8. The number of aromatic nitrogens is 1. The monoisotopic (exact) mass is 369 g/mol. The quantitative estimate of drug-likeness (QED) is 0.701. The number of thiophene rings is 1. The van der Waals surface area contributed by atoms with E-state index in [9.17, 15) is 4.79 Å². The molecule has 0 radical (unpaired) electrons. The molecule has 0 bridgehead atoms. The minimum atomic E-state index is 0.133. The van der Waals surface area contributed by atoms with E-state index in [1.807, 2.05) is 35.2 Å². The van der Waals surface area contributed by atoms with E-state index in [-0.39, 0.29) is 5.91 Å². The van der Waals surface area contributed by atoms with Gasteiger partial charge in [-0.05, 0) is 23.6 Å². The van der Waals surface area contributed by atoms with Crippen LogP contribution in [0.15, 0.2) is 53.2 Å². The number of nitrogens with zero attached hydrogens (tertiary/aromatic N) is 3. The van der Waals surface area contributed by atoms with Crippen molar-refractivity contribution in [3.8, 4) is 9.88 Å². The van der Waals surface area contributed by atoms with Gasteiger partial charge in [0.05, 0.1) is 10.6 Å². The first kappa shape index (κ1) is 16.4. The van der Waals surface area contributed by atoms with Crippen LogP contribution in [0.5, 0.6) is 0 Å². The second-order valence-electron chi connectivity index (χ2n) is 6.06. The highest BCUT2D eigenvalue weighted by atomic mass is 32.1. The molecular weight excluding hydrogens is 350 g/mol. The van der Waals surface area contributed by atoms with Crippen LogP contribution in [0, 0.1) is 0 Å². The molecule has 0 atom stereocenters. The molecule has 4 nitrogen and oxygen atoms in total. The molecule has 6 heteroatoms. The molecule has 0 saturated carbocycles. The highest BCUT2D eigenvalue weighted by molar-refractivity contribution is 7.20. The van der Waals surface area contributed by atoms with Gasteiger partial charge in [-0.2, -0.15) is 0 Å². The Balaban J connectivity index is 1.33. The SMILES string of the molecule is O=C(c1ccccc1)N1CCN(Cc2csc(-c3cccs3)n2)CC1. The van der Waals surface area contributed by atoms with Gasteiger partial charge in [0.25, 0.3) is 5.91 Å². The molecule has 1 amide bonds. The number of hydrogen-bond donors (Lipinski definition) is 0. The summed E-state index contributed by atoms with van der Waals surface area (Å²) in [6.45, 7) is 4.19. The molecule has 0 aliphatic carbocycles. The Bertz CT molecular complexity index is 821. The van der Waals surface area contributed by atoms with E-state index in [1.165, 1.54) is 4.88 Å². The smallest absolute Gasteiger partial charge is 0.253 e. The van der Waals surface area contributed by atoms with Gasteiger partial charge in [0.2, 0.25) is 0 Å². The number of carbonyl (C=O) groups is 1. The van der Waals surface area contributed by atoms with Gasteiger partial charge >= 0.3 is 0 Å².